The zero-order valence-corrected chi connectivity index (χ0v) is 20.1. The van der Waals surface area contributed by atoms with Gasteiger partial charge in [0.1, 0.15) is 11.6 Å². The number of para-hydroxylation sites is 1. The van der Waals surface area contributed by atoms with E-state index >= 15 is 0 Å². The minimum atomic E-state index is -0.0322. The highest BCUT2D eigenvalue weighted by molar-refractivity contribution is 6.33. The molecule has 174 valence electrons. The quantitative estimate of drug-likeness (QED) is 0.409. The smallest absolute Gasteiger partial charge is 0.255 e. The lowest BCUT2D eigenvalue weighted by Gasteiger charge is -2.36. The van der Waals surface area contributed by atoms with Crippen LogP contribution < -0.4 is 4.90 Å². The number of fused-ring (bicyclic) bond motifs is 1. The Bertz CT molecular complexity index is 1310. The second-order valence-corrected chi connectivity index (χ2v) is 9.01. The molecule has 0 radical (unpaired) electrons. The average molecular weight is 475 g/mol. The van der Waals surface area contributed by atoms with Crippen molar-refractivity contribution in [2.75, 3.05) is 31.1 Å². The summed E-state index contributed by atoms with van der Waals surface area (Å²) in [5.41, 5.74) is 2.32. The van der Waals surface area contributed by atoms with Crippen molar-refractivity contribution in [2.24, 2.45) is 0 Å². The van der Waals surface area contributed by atoms with Crippen LogP contribution in [0.25, 0.3) is 16.7 Å². The SMILES string of the molecule is CCC(C)c1nc(N2CCN(C(=O)c3ccccc3Cl)CC2)c2cnn(-c3ccccc3)c2n1. The van der Waals surface area contributed by atoms with Crippen molar-refractivity contribution in [2.45, 2.75) is 26.2 Å². The van der Waals surface area contributed by atoms with Gasteiger partial charge in [-0.15, -0.1) is 0 Å². The van der Waals surface area contributed by atoms with E-state index in [2.05, 4.69) is 23.8 Å². The van der Waals surface area contributed by atoms with Crippen molar-refractivity contribution in [1.29, 1.82) is 0 Å². The lowest BCUT2D eigenvalue weighted by atomic mass is 10.1. The summed E-state index contributed by atoms with van der Waals surface area (Å²) in [4.78, 5) is 27.0. The largest absolute Gasteiger partial charge is 0.352 e. The van der Waals surface area contributed by atoms with E-state index in [1.54, 1.807) is 12.1 Å². The molecule has 1 atom stereocenters. The van der Waals surface area contributed by atoms with Crippen LogP contribution in [-0.4, -0.2) is 56.7 Å². The molecule has 0 spiro atoms. The second-order valence-electron chi connectivity index (χ2n) is 8.60. The van der Waals surface area contributed by atoms with Crippen molar-refractivity contribution in [3.63, 3.8) is 0 Å². The van der Waals surface area contributed by atoms with Crippen LogP contribution in [0.2, 0.25) is 5.02 Å². The van der Waals surface area contributed by atoms with Crippen molar-refractivity contribution >= 4 is 34.4 Å². The second kappa shape index (κ2) is 9.43. The molecular weight excluding hydrogens is 448 g/mol. The van der Waals surface area contributed by atoms with Gasteiger partial charge in [0.05, 0.1) is 27.9 Å². The normalized spacial score (nSPS) is 15.0. The first-order valence-electron chi connectivity index (χ1n) is 11.7. The highest BCUT2D eigenvalue weighted by Crippen LogP contribution is 2.29. The molecule has 2 aromatic heterocycles. The van der Waals surface area contributed by atoms with Gasteiger partial charge in [0.25, 0.3) is 5.91 Å². The van der Waals surface area contributed by atoms with E-state index in [1.807, 2.05) is 58.2 Å². The number of carbonyl (C=O) groups excluding carboxylic acids is 1. The first-order valence-corrected chi connectivity index (χ1v) is 12.0. The van der Waals surface area contributed by atoms with E-state index in [4.69, 9.17) is 21.6 Å². The number of rotatable bonds is 5. The van der Waals surface area contributed by atoms with Crippen LogP contribution in [0.15, 0.2) is 60.8 Å². The summed E-state index contributed by atoms with van der Waals surface area (Å²) in [5, 5.41) is 6.05. The van der Waals surface area contributed by atoms with Gasteiger partial charge in [-0.2, -0.15) is 5.10 Å². The molecule has 7 nitrogen and oxygen atoms in total. The topological polar surface area (TPSA) is 67.2 Å². The Hall–Kier alpha value is -3.45. The van der Waals surface area contributed by atoms with Crippen molar-refractivity contribution in [3.8, 4) is 5.69 Å². The first-order chi connectivity index (χ1) is 16.6. The maximum Gasteiger partial charge on any atom is 0.255 e. The van der Waals surface area contributed by atoms with Crippen LogP contribution in [0, 0.1) is 0 Å². The summed E-state index contributed by atoms with van der Waals surface area (Å²) >= 11 is 6.26. The fraction of sp³-hybridized carbons (Fsp3) is 0.308. The molecule has 3 heterocycles. The first kappa shape index (κ1) is 22.3. The van der Waals surface area contributed by atoms with Gasteiger partial charge in [-0.3, -0.25) is 4.79 Å². The number of piperazine rings is 1. The monoisotopic (exact) mass is 474 g/mol. The zero-order chi connectivity index (χ0) is 23.7. The fourth-order valence-electron chi connectivity index (χ4n) is 4.24. The highest BCUT2D eigenvalue weighted by atomic mass is 35.5. The average Bonchev–Trinajstić information content (AvgIpc) is 3.32. The van der Waals surface area contributed by atoms with Gasteiger partial charge in [0.15, 0.2) is 5.65 Å². The molecule has 1 saturated heterocycles. The van der Waals surface area contributed by atoms with Crippen LogP contribution in [0.5, 0.6) is 0 Å². The van der Waals surface area contributed by atoms with Gasteiger partial charge in [-0.1, -0.05) is 55.8 Å². The molecule has 1 aliphatic heterocycles. The molecule has 0 N–H and O–H groups in total. The van der Waals surface area contributed by atoms with E-state index in [1.165, 1.54) is 0 Å². The van der Waals surface area contributed by atoms with E-state index in [9.17, 15) is 4.79 Å². The van der Waals surface area contributed by atoms with Gasteiger partial charge in [-0.05, 0) is 30.7 Å². The summed E-state index contributed by atoms with van der Waals surface area (Å²) in [6.07, 6.45) is 2.80. The van der Waals surface area contributed by atoms with E-state index < -0.39 is 0 Å². The third-order valence-corrected chi connectivity index (χ3v) is 6.78. The molecule has 1 aliphatic rings. The lowest BCUT2D eigenvalue weighted by Crippen LogP contribution is -2.49. The third kappa shape index (κ3) is 4.12. The minimum absolute atomic E-state index is 0.0322. The summed E-state index contributed by atoms with van der Waals surface area (Å²) < 4.78 is 1.88. The Kier molecular flexibility index (Phi) is 6.20. The van der Waals surface area contributed by atoms with Crippen LogP contribution >= 0.6 is 11.6 Å². The van der Waals surface area contributed by atoms with E-state index in [-0.39, 0.29) is 11.8 Å². The molecule has 5 rings (SSSR count). The summed E-state index contributed by atoms with van der Waals surface area (Å²) in [7, 11) is 0. The van der Waals surface area contributed by atoms with E-state index in [0.29, 0.717) is 36.8 Å². The molecular formula is C26H27ClN6O. The molecule has 34 heavy (non-hydrogen) atoms. The Morgan fingerprint density at radius 2 is 1.71 bits per heavy atom. The number of amides is 1. The molecule has 4 aromatic rings. The van der Waals surface area contributed by atoms with Crippen molar-refractivity contribution in [1.82, 2.24) is 24.6 Å². The Labute approximate surface area is 204 Å². The minimum Gasteiger partial charge on any atom is -0.352 e. The standard InChI is InChI=1S/C26H27ClN6O/c1-3-18(2)23-29-24(21-17-28-33(25(21)30-23)19-9-5-4-6-10-19)31-13-15-32(16-14-31)26(34)20-11-7-8-12-22(20)27/h4-12,17-18H,3,13-16H2,1-2H3. The molecule has 1 amide bonds. The molecule has 0 saturated carbocycles. The van der Waals surface area contributed by atoms with Gasteiger partial charge >= 0.3 is 0 Å². The Morgan fingerprint density at radius 3 is 2.41 bits per heavy atom. The van der Waals surface area contributed by atoms with Crippen molar-refractivity contribution in [3.05, 3.63) is 77.2 Å². The van der Waals surface area contributed by atoms with Crippen molar-refractivity contribution < 1.29 is 4.79 Å². The van der Waals surface area contributed by atoms with Crippen LogP contribution in [-0.2, 0) is 0 Å². The molecule has 1 fully saturated rings. The molecule has 1 unspecified atom stereocenters. The van der Waals surface area contributed by atoms with Gasteiger partial charge in [0, 0.05) is 32.1 Å². The Morgan fingerprint density at radius 1 is 1.00 bits per heavy atom. The number of hydrogen-bond donors (Lipinski definition) is 0. The maximum absolute atomic E-state index is 13.0. The molecule has 2 aromatic carbocycles. The van der Waals surface area contributed by atoms with E-state index in [0.717, 1.165) is 34.8 Å². The van der Waals surface area contributed by atoms with Gasteiger partial charge in [0.2, 0.25) is 0 Å². The number of nitrogens with zero attached hydrogens (tertiary/aromatic N) is 6. The van der Waals surface area contributed by atoms with Crippen LogP contribution in [0.4, 0.5) is 5.82 Å². The fourth-order valence-corrected chi connectivity index (χ4v) is 4.45. The number of carbonyl (C=O) groups is 1. The summed E-state index contributed by atoms with van der Waals surface area (Å²) in [6.45, 7) is 6.85. The number of aromatic nitrogens is 4. The molecule has 8 heteroatoms. The number of hydrogen-bond acceptors (Lipinski definition) is 5. The van der Waals surface area contributed by atoms with Gasteiger partial charge < -0.3 is 9.80 Å². The highest BCUT2D eigenvalue weighted by Gasteiger charge is 2.27. The predicted molar refractivity (Wildman–Crippen MR) is 135 cm³/mol. The summed E-state index contributed by atoms with van der Waals surface area (Å²) in [6, 6.07) is 17.2. The zero-order valence-electron chi connectivity index (χ0n) is 19.4. The Balaban J connectivity index is 1.46. The van der Waals surface area contributed by atoms with Crippen LogP contribution in [0.1, 0.15) is 42.4 Å². The maximum atomic E-state index is 13.0. The third-order valence-electron chi connectivity index (χ3n) is 6.45. The lowest BCUT2D eigenvalue weighted by molar-refractivity contribution is 0.0747. The number of halogens is 1. The number of benzene rings is 2. The van der Waals surface area contributed by atoms with Crippen LogP contribution in [0.3, 0.4) is 0 Å². The number of anilines is 1. The van der Waals surface area contributed by atoms with Gasteiger partial charge in [-0.25, -0.2) is 14.6 Å². The molecule has 0 bridgehead atoms. The molecule has 0 aliphatic carbocycles. The summed E-state index contributed by atoms with van der Waals surface area (Å²) in [5.74, 6) is 1.89. The predicted octanol–water partition coefficient (Wildman–Crippen LogP) is 4.94.